The van der Waals surface area contributed by atoms with E-state index in [4.69, 9.17) is 10.5 Å². The molecule has 0 aliphatic rings. The molecule has 0 radical (unpaired) electrons. The number of hydrogen-bond donors (Lipinski definition) is 1. The molecule has 1 unspecified atom stereocenters. The summed E-state index contributed by atoms with van der Waals surface area (Å²) in [6, 6.07) is 8.68. The third-order valence-electron chi connectivity index (χ3n) is 2.96. The van der Waals surface area contributed by atoms with Gasteiger partial charge in [0.2, 0.25) is 0 Å². The molecule has 0 amide bonds. The van der Waals surface area contributed by atoms with E-state index in [1.807, 2.05) is 0 Å². The Hall–Kier alpha value is -1.94. The van der Waals surface area contributed by atoms with Gasteiger partial charge in [0.05, 0.1) is 0 Å². The molecule has 0 heterocycles. The molecule has 0 saturated heterocycles. The van der Waals surface area contributed by atoms with Crippen LogP contribution >= 0.6 is 0 Å². The van der Waals surface area contributed by atoms with Gasteiger partial charge in [0.15, 0.2) is 0 Å². The highest BCUT2D eigenvalue weighted by atomic mass is 19.1. The fourth-order valence-corrected chi connectivity index (χ4v) is 2.00. The number of halogens is 2. The lowest BCUT2D eigenvalue weighted by Crippen LogP contribution is -2.19. The average molecular weight is 277 g/mol. The van der Waals surface area contributed by atoms with E-state index in [2.05, 4.69) is 0 Å². The Kier molecular flexibility index (Phi) is 4.35. The Morgan fingerprint density at radius 2 is 1.90 bits per heavy atom. The molecule has 0 bridgehead atoms. The topological polar surface area (TPSA) is 35.2 Å². The molecule has 1 atom stereocenters. The summed E-state index contributed by atoms with van der Waals surface area (Å²) in [7, 11) is 0. The van der Waals surface area contributed by atoms with E-state index in [1.165, 1.54) is 24.3 Å². The van der Waals surface area contributed by atoms with Gasteiger partial charge in [0.25, 0.3) is 0 Å². The lowest BCUT2D eigenvalue weighted by molar-refractivity contribution is 0.458. The first-order chi connectivity index (χ1) is 9.47. The molecular formula is C16H17F2NO. The molecule has 0 aliphatic heterocycles. The Bertz CT molecular complexity index is 611. The molecule has 0 saturated carbocycles. The van der Waals surface area contributed by atoms with Gasteiger partial charge < -0.3 is 10.5 Å². The third-order valence-corrected chi connectivity index (χ3v) is 2.96. The molecule has 0 spiro atoms. The molecule has 0 fully saturated rings. The van der Waals surface area contributed by atoms with E-state index in [0.29, 0.717) is 29.0 Å². The Morgan fingerprint density at radius 1 is 1.15 bits per heavy atom. The van der Waals surface area contributed by atoms with Crippen LogP contribution in [-0.2, 0) is 6.42 Å². The second kappa shape index (κ2) is 6.01. The predicted molar refractivity (Wildman–Crippen MR) is 75.0 cm³/mol. The summed E-state index contributed by atoms with van der Waals surface area (Å²) in [6.45, 7) is 3.54. The fourth-order valence-electron chi connectivity index (χ4n) is 2.00. The van der Waals surface area contributed by atoms with Crippen LogP contribution in [0.15, 0.2) is 36.4 Å². The molecule has 106 valence electrons. The van der Waals surface area contributed by atoms with Gasteiger partial charge in [-0.25, -0.2) is 8.78 Å². The van der Waals surface area contributed by atoms with Crippen LogP contribution < -0.4 is 10.5 Å². The number of rotatable bonds is 4. The van der Waals surface area contributed by atoms with Crippen molar-refractivity contribution in [3.8, 4) is 11.5 Å². The summed E-state index contributed by atoms with van der Waals surface area (Å²) in [6.07, 6.45) is 0.377. The van der Waals surface area contributed by atoms with Gasteiger partial charge in [-0.3, -0.25) is 0 Å². The molecule has 2 rings (SSSR count). The number of ether oxygens (including phenoxy) is 1. The minimum atomic E-state index is -0.348. The minimum absolute atomic E-state index is 0.177. The fraction of sp³-hybridized carbons (Fsp3) is 0.250. The van der Waals surface area contributed by atoms with E-state index in [0.717, 1.165) is 0 Å². The molecule has 2 nitrogen and oxygen atoms in total. The monoisotopic (exact) mass is 277 g/mol. The second-order valence-corrected chi connectivity index (χ2v) is 4.91. The molecule has 2 N–H and O–H groups in total. The largest absolute Gasteiger partial charge is 0.457 e. The molecule has 4 heteroatoms. The van der Waals surface area contributed by atoms with Crippen LogP contribution in [0.2, 0.25) is 0 Å². The van der Waals surface area contributed by atoms with Gasteiger partial charge in [-0.1, -0.05) is 6.07 Å². The Balaban J connectivity index is 2.35. The minimum Gasteiger partial charge on any atom is -0.457 e. The summed E-state index contributed by atoms with van der Waals surface area (Å²) < 4.78 is 32.7. The zero-order chi connectivity index (χ0) is 14.7. The first-order valence-electron chi connectivity index (χ1n) is 6.44. The quantitative estimate of drug-likeness (QED) is 0.918. The first kappa shape index (κ1) is 14.5. The van der Waals surface area contributed by atoms with Gasteiger partial charge in [-0.05, 0) is 56.2 Å². The van der Waals surface area contributed by atoms with E-state index in [-0.39, 0.29) is 17.7 Å². The van der Waals surface area contributed by atoms with E-state index in [9.17, 15) is 8.78 Å². The maximum absolute atomic E-state index is 13.9. The maximum Gasteiger partial charge on any atom is 0.133 e. The van der Waals surface area contributed by atoms with Gasteiger partial charge in [-0.15, -0.1) is 0 Å². The lowest BCUT2D eigenvalue weighted by atomic mass is 10.1. The lowest BCUT2D eigenvalue weighted by Gasteiger charge is -2.15. The van der Waals surface area contributed by atoms with Crippen molar-refractivity contribution in [1.29, 1.82) is 0 Å². The number of aryl methyl sites for hydroxylation is 1. The van der Waals surface area contributed by atoms with E-state index >= 15 is 0 Å². The van der Waals surface area contributed by atoms with Gasteiger partial charge in [-0.2, -0.15) is 0 Å². The van der Waals surface area contributed by atoms with Crippen molar-refractivity contribution < 1.29 is 13.5 Å². The molecular weight excluding hydrogens is 260 g/mol. The van der Waals surface area contributed by atoms with Crippen molar-refractivity contribution in [1.82, 2.24) is 0 Å². The van der Waals surface area contributed by atoms with Crippen molar-refractivity contribution in [3.05, 3.63) is 59.2 Å². The highest BCUT2D eigenvalue weighted by Gasteiger charge is 2.13. The molecule has 0 aliphatic carbocycles. The standard InChI is InChI=1S/C16H17F2NO/c1-10-8-12(17)6-7-15(10)20-16-5-3-4-14(18)13(16)9-11(2)19/h3-8,11H,9,19H2,1-2H3. The van der Waals surface area contributed by atoms with Crippen molar-refractivity contribution in [3.63, 3.8) is 0 Å². The SMILES string of the molecule is Cc1cc(F)ccc1Oc1cccc(F)c1CC(C)N. The summed E-state index contributed by atoms with van der Waals surface area (Å²) in [5.41, 5.74) is 6.82. The summed E-state index contributed by atoms with van der Waals surface area (Å²) >= 11 is 0. The highest BCUT2D eigenvalue weighted by molar-refractivity contribution is 5.42. The second-order valence-electron chi connectivity index (χ2n) is 4.91. The summed E-state index contributed by atoms with van der Waals surface area (Å²) in [4.78, 5) is 0. The van der Waals surface area contributed by atoms with Crippen LogP contribution in [0, 0.1) is 18.6 Å². The zero-order valence-electron chi connectivity index (χ0n) is 11.5. The van der Waals surface area contributed by atoms with Crippen molar-refractivity contribution in [2.75, 3.05) is 0 Å². The van der Waals surface area contributed by atoms with Crippen LogP contribution in [0.3, 0.4) is 0 Å². The molecule has 0 aromatic heterocycles. The summed E-state index contributed by atoms with van der Waals surface area (Å²) in [5.74, 6) is 0.240. The Morgan fingerprint density at radius 3 is 2.55 bits per heavy atom. The van der Waals surface area contributed by atoms with Crippen LogP contribution in [0.5, 0.6) is 11.5 Å². The van der Waals surface area contributed by atoms with Crippen LogP contribution in [0.1, 0.15) is 18.1 Å². The maximum atomic E-state index is 13.9. The van der Waals surface area contributed by atoms with Gasteiger partial charge in [0.1, 0.15) is 23.1 Å². The van der Waals surface area contributed by atoms with Crippen molar-refractivity contribution >= 4 is 0 Å². The Labute approximate surface area is 117 Å². The highest BCUT2D eigenvalue weighted by Crippen LogP contribution is 2.30. The number of benzene rings is 2. The molecule has 20 heavy (non-hydrogen) atoms. The van der Waals surface area contributed by atoms with E-state index < -0.39 is 0 Å². The predicted octanol–water partition coefficient (Wildman–Crippen LogP) is 3.96. The van der Waals surface area contributed by atoms with Gasteiger partial charge >= 0.3 is 0 Å². The normalized spacial score (nSPS) is 12.2. The first-order valence-corrected chi connectivity index (χ1v) is 6.44. The van der Waals surface area contributed by atoms with Crippen LogP contribution in [-0.4, -0.2) is 6.04 Å². The van der Waals surface area contributed by atoms with Crippen molar-refractivity contribution in [2.24, 2.45) is 5.73 Å². The van der Waals surface area contributed by atoms with Crippen LogP contribution in [0.4, 0.5) is 8.78 Å². The third kappa shape index (κ3) is 3.33. The van der Waals surface area contributed by atoms with E-state index in [1.54, 1.807) is 26.0 Å². The van der Waals surface area contributed by atoms with Gasteiger partial charge in [0, 0.05) is 11.6 Å². The number of hydrogen-bond acceptors (Lipinski definition) is 2. The summed E-state index contributed by atoms with van der Waals surface area (Å²) in [5, 5.41) is 0. The molecule has 2 aromatic carbocycles. The molecule has 2 aromatic rings. The van der Waals surface area contributed by atoms with Crippen molar-refractivity contribution in [2.45, 2.75) is 26.3 Å². The van der Waals surface area contributed by atoms with Crippen LogP contribution in [0.25, 0.3) is 0 Å². The number of nitrogens with two attached hydrogens (primary N) is 1. The average Bonchev–Trinajstić information content (AvgIpc) is 2.36. The smallest absolute Gasteiger partial charge is 0.133 e. The zero-order valence-corrected chi connectivity index (χ0v) is 11.5.